The summed E-state index contributed by atoms with van der Waals surface area (Å²) in [5.41, 5.74) is 2.90. The Kier molecular flexibility index (Phi) is 5.61. The molecule has 0 bridgehead atoms. The number of carbonyl (C=O) groups is 1. The lowest BCUT2D eigenvalue weighted by atomic mass is 9.87. The molecule has 1 amide bonds. The van der Waals surface area contributed by atoms with Gasteiger partial charge in [0.25, 0.3) is 0 Å². The predicted octanol–water partition coefficient (Wildman–Crippen LogP) is 7.41. The van der Waals surface area contributed by atoms with Gasteiger partial charge in [0, 0.05) is 18.2 Å². The molecule has 3 aromatic carbocycles. The van der Waals surface area contributed by atoms with Crippen LogP contribution in [0.2, 0.25) is 0 Å². The summed E-state index contributed by atoms with van der Waals surface area (Å²) in [7, 11) is 0. The lowest BCUT2D eigenvalue weighted by molar-refractivity contribution is -0.286. The maximum atomic E-state index is 14.1. The summed E-state index contributed by atoms with van der Waals surface area (Å²) in [4.78, 5) is 12.7. The quantitative estimate of drug-likeness (QED) is 0.401. The standard InChI is InChI=1S/C29H28F3NO3/c1-2-17-3-6-24(25-14-21(30)4-7-23(17)25)20-12-18-9-16(10-19(18)13-20)11-28(34)33-22-5-8-26-27(15-22)36-29(31,32)35-26/h3-8,14-16,18-20H,2,9-13H2,1H3,(H,33,34)/t16?,18-,19+,20?. The van der Waals surface area contributed by atoms with Crippen molar-refractivity contribution in [1.29, 1.82) is 0 Å². The van der Waals surface area contributed by atoms with Gasteiger partial charge in [0.05, 0.1) is 0 Å². The largest absolute Gasteiger partial charge is 0.586 e. The summed E-state index contributed by atoms with van der Waals surface area (Å²) >= 11 is 0. The third-order valence-corrected chi connectivity index (χ3v) is 8.20. The van der Waals surface area contributed by atoms with E-state index in [4.69, 9.17) is 0 Å². The van der Waals surface area contributed by atoms with Crippen LogP contribution in [-0.4, -0.2) is 12.2 Å². The van der Waals surface area contributed by atoms with Gasteiger partial charge in [-0.3, -0.25) is 4.79 Å². The van der Waals surface area contributed by atoms with Crippen molar-refractivity contribution in [2.24, 2.45) is 17.8 Å². The minimum Gasteiger partial charge on any atom is -0.395 e. The average molecular weight is 496 g/mol. The van der Waals surface area contributed by atoms with Crippen LogP contribution in [0.1, 0.15) is 56.1 Å². The van der Waals surface area contributed by atoms with Crippen LogP contribution in [0.25, 0.3) is 10.8 Å². The van der Waals surface area contributed by atoms with Crippen molar-refractivity contribution in [2.45, 2.75) is 57.7 Å². The van der Waals surface area contributed by atoms with Gasteiger partial charge in [0.15, 0.2) is 11.5 Å². The van der Waals surface area contributed by atoms with Gasteiger partial charge in [-0.05, 0) is 102 Å². The molecular weight excluding hydrogens is 467 g/mol. The molecule has 3 aromatic rings. The maximum absolute atomic E-state index is 14.1. The van der Waals surface area contributed by atoms with E-state index in [1.54, 1.807) is 12.1 Å². The third kappa shape index (κ3) is 4.29. The monoisotopic (exact) mass is 495 g/mol. The van der Waals surface area contributed by atoms with Crippen LogP contribution in [0.3, 0.4) is 0 Å². The molecule has 1 N–H and O–H groups in total. The first-order valence-corrected chi connectivity index (χ1v) is 12.7. The number of hydrogen-bond acceptors (Lipinski definition) is 3. The fourth-order valence-corrected chi connectivity index (χ4v) is 6.73. The Hall–Kier alpha value is -3.22. The number of alkyl halides is 2. The van der Waals surface area contributed by atoms with Crippen LogP contribution >= 0.6 is 0 Å². The third-order valence-electron chi connectivity index (χ3n) is 8.20. The molecule has 3 aliphatic rings. The fraction of sp³-hybridized carbons (Fsp3) is 0.414. The predicted molar refractivity (Wildman–Crippen MR) is 131 cm³/mol. The highest BCUT2D eigenvalue weighted by Gasteiger charge is 2.44. The Labute approximate surface area is 207 Å². The van der Waals surface area contributed by atoms with Crippen molar-refractivity contribution in [1.82, 2.24) is 0 Å². The molecule has 6 rings (SSSR count). The summed E-state index contributed by atoms with van der Waals surface area (Å²) < 4.78 is 49.4. The fourth-order valence-electron chi connectivity index (χ4n) is 6.73. The first-order valence-electron chi connectivity index (χ1n) is 12.7. The van der Waals surface area contributed by atoms with E-state index in [2.05, 4.69) is 33.8 Å². The molecule has 7 heteroatoms. The molecule has 2 fully saturated rings. The summed E-state index contributed by atoms with van der Waals surface area (Å²) in [5.74, 6) is 1.39. The number of amides is 1. The summed E-state index contributed by atoms with van der Waals surface area (Å²) in [5, 5.41) is 4.99. The lowest BCUT2D eigenvalue weighted by Gasteiger charge is -2.18. The molecule has 2 unspecified atom stereocenters. The Morgan fingerprint density at radius 2 is 1.69 bits per heavy atom. The molecule has 0 spiro atoms. The molecule has 2 saturated carbocycles. The summed E-state index contributed by atoms with van der Waals surface area (Å²) in [6.45, 7) is 2.12. The van der Waals surface area contributed by atoms with E-state index >= 15 is 0 Å². The smallest absolute Gasteiger partial charge is 0.395 e. The second-order valence-electron chi connectivity index (χ2n) is 10.5. The highest BCUT2D eigenvalue weighted by Crippen LogP contribution is 2.54. The minimum absolute atomic E-state index is 0.0453. The molecule has 4 atom stereocenters. The zero-order valence-corrected chi connectivity index (χ0v) is 20.0. The molecule has 36 heavy (non-hydrogen) atoms. The highest BCUT2D eigenvalue weighted by molar-refractivity contribution is 5.91. The van der Waals surface area contributed by atoms with Gasteiger partial charge < -0.3 is 14.8 Å². The van der Waals surface area contributed by atoms with Crippen LogP contribution in [0.4, 0.5) is 18.9 Å². The number of anilines is 1. The van der Waals surface area contributed by atoms with Crippen LogP contribution in [0.15, 0.2) is 48.5 Å². The second-order valence-corrected chi connectivity index (χ2v) is 10.5. The SMILES string of the molecule is CCc1ccc(C2C[C@H]3CC(CC(=O)Nc4ccc5c(c4)OC(F)(F)O5)C[C@H]3C2)c2cc(F)ccc12. The summed E-state index contributed by atoms with van der Waals surface area (Å²) in [6.07, 6.45) is 1.78. The lowest BCUT2D eigenvalue weighted by Crippen LogP contribution is -2.25. The Morgan fingerprint density at radius 1 is 0.944 bits per heavy atom. The van der Waals surface area contributed by atoms with Crippen molar-refractivity contribution in [3.8, 4) is 11.5 Å². The molecule has 0 saturated heterocycles. The molecule has 188 valence electrons. The van der Waals surface area contributed by atoms with Crippen LogP contribution in [-0.2, 0) is 11.2 Å². The van der Waals surface area contributed by atoms with Gasteiger partial charge in [-0.2, -0.15) is 0 Å². The normalized spacial score (nSPS) is 25.8. The van der Waals surface area contributed by atoms with E-state index in [1.165, 1.54) is 29.3 Å². The van der Waals surface area contributed by atoms with Crippen molar-refractivity contribution in [2.75, 3.05) is 5.32 Å². The first-order chi connectivity index (χ1) is 17.3. The van der Waals surface area contributed by atoms with Crippen LogP contribution in [0.5, 0.6) is 11.5 Å². The molecule has 0 aromatic heterocycles. The first kappa shape index (κ1) is 23.2. The average Bonchev–Trinajstić information content (AvgIpc) is 3.47. The molecule has 1 heterocycles. The number of aryl methyl sites for hydroxylation is 1. The number of nitrogens with one attached hydrogen (secondary N) is 1. The van der Waals surface area contributed by atoms with Gasteiger partial charge in [-0.15, -0.1) is 8.78 Å². The maximum Gasteiger partial charge on any atom is 0.586 e. The van der Waals surface area contributed by atoms with E-state index in [0.29, 0.717) is 35.8 Å². The summed E-state index contributed by atoms with van der Waals surface area (Å²) in [6, 6.07) is 13.8. The van der Waals surface area contributed by atoms with E-state index in [1.807, 2.05) is 6.07 Å². The van der Waals surface area contributed by atoms with Gasteiger partial charge >= 0.3 is 6.29 Å². The molecule has 1 aliphatic heterocycles. The Balaban J connectivity index is 1.08. The highest BCUT2D eigenvalue weighted by atomic mass is 19.3. The molecule has 4 nitrogen and oxygen atoms in total. The van der Waals surface area contributed by atoms with Crippen molar-refractivity contribution >= 4 is 22.4 Å². The number of ether oxygens (including phenoxy) is 2. The number of benzene rings is 3. The number of rotatable bonds is 5. The number of carbonyl (C=O) groups excluding carboxylic acids is 1. The molecule has 2 aliphatic carbocycles. The topological polar surface area (TPSA) is 47.6 Å². The van der Waals surface area contributed by atoms with Crippen molar-refractivity contribution in [3.63, 3.8) is 0 Å². The Bertz CT molecular complexity index is 1330. The minimum atomic E-state index is -3.68. The number of halogens is 3. The zero-order valence-electron chi connectivity index (χ0n) is 20.0. The Morgan fingerprint density at radius 3 is 2.44 bits per heavy atom. The van der Waals surface area contributed by atoms with E-state index in [9.17, 15) is 18.0 Å². The van der Waals surface area contributed by atoms with Crippen molar-refractivity contribution < 1.29 is 27.4 Å². The van der Waals surface area contributed by atoms with Gasteiger partial charge in [-0.1, -0.05) is 25.1 Å². The van der Waals surface area contributed by atoms with Gasteiger partial charge in [0.1, 0.15) is 5.82 Å². The van der Waals surface area contributed by atoms with Gasteiger partial charge in [0.2, 0.25) is 5.91 Å². The zero-order chi connectivity index (χ0) is 25.0. The van der Waals surface area contributed by atoms with Crippen molar-refractivity contribution in [3.05, 3.63) is 65.5 Å². The van der Waals surface area contributed by atoms with Gasteiger partial charge in [-0.25, -0.2) is 4.39 Å². The molecular formula is C29H28F3NO3. The van der Waals surface area contributed by atoms with Crippen LogP contribution < -0.4 is 14.8 Å². The van der Waals surface area contributed by atoms with E-state index in [-0.39, 0.29) is 23.2 Å². The van der Waals surface area contributed by atoms with E-state index < -0.39 is 6.29 Å². The molecule has 0 radical (unpaired) electrons. The second kappa shape index (κ2) is 8.71. The number of fused-ring (bicyclic) bond motifs is 3. The van der Waals surface area contributed by atoms with E-state index in [0.717, 1.165) is 42.9 Å². The number of hydrogen-bond donors (Lipinski definition) is 1. The van der Waals surface area contributed by atoms with Crippen LogP contribution in [0, 0.1) is 23.6 Å².